The van der Waals surface area contributed by atoms with Crippen LogP contribution in [0.1, 0.15) is 21.7 Å². The molecule has 2 aromatic heterocycles. The van der Waals surface area contributed by atoms with Crippen LogP contribution in [0.5, 0.6) is 0 Å². The number of carbonyl (C=O) groups excluding carboxylic acids is 1. The number of carbonyl (C=O) groups is 1. The van der Waals surface area contributed by atoms with Crippen LogP contribution >= 0.6 is 11.8 Å². The van der Waals surface area contributed by atoms with E-state index in [1.807, 2.05) is 42.8 Å². The number of amides is 1. The maximum absolute atomic E-state index is 12.1. The second-order valence-corrected chi connectivity index (χ2v) is 5.16. The van der Waals surface area contributed by atoms with E-state index >= 15 is 0 Å². The lowest BCUT2D eigenvalue weighted by molar-refractivity contribution is 0.0949. The topological polar surface area (TPSA) is 46.4 Å². The van der Waals surface area contributed by atoms with E-state index in [0.29, 0.717) is 12.2 Å². The van der Waals surface area contributed by atoms with Gasteiger partial charge in [0.2, 0.25) is 0 Å². The molecule has 2 heterocycles. The van der Waals surface area contributed by atoms with Crippen molar-refractivity contribution in [3.05, 3.63) is 35.3 Å². The normalized spacial score (nSPS) is 10.8. The summed E-state index contributed by atoms with van der Waals surface area (Å²) in [5.74, 6) is 0.861. The van der Waals surface area contributed by atoms with E-state index in [1.54, 1.807) is 11.8 Å². The molecule has 0 aromatic carbocycles. The Hall–Kier alpha value is -1.49. The van der Waals surface area contributed by atoms with Crippen LogP contribution in [-0.4, -0.2) is 33.8 Å². The molecule has 0 spiro atoms. The smallest absolute Gasteiger partial charge is 0.270 e. The van der Waals surface area contributed by atoms with Gasteiger partial charge in [-0.3, -0.25) is 9.20 Å². The molecule has 96 valence electrons. The molecule has 1 N–H and O–H groups in total. The van der Waals surface area contributed by atoms with E-state index in [9.17, 15) is 4.79 Å². The zero-order valence-corrected chi connectivity index (χ0v) is 11.7. The van der Waals surface area contributed by atoms with Crippen LogP contribution in [-0.2, 0) is 0 Å². The van der Waals surface area contributed by atoms with Crippen LogP contribution in [0.4, 0.5) is 0 Å². The van der Waals surface area contributed by atoms with Crippen LogP contribution in [0.25, 0.3) is 5.65 Å². The first-order chi connectivity index (χ1) is 8.65. The molecule has 0 fully saturated rings. The summed E-state index contributed by atoms with van der Waals surface area (Å²) in [4.78, 5) is 16.6. The van der Waals surface area contributed by atoms with Gasteiger partial charge in [0.15, 0.2) is 0 Å². The summed E-state index contributed by atoms with van der Waals surface area (Å²) >= 11 is 1.71. The highest BCUT2D eigenvalue weighted by Crippen LogP contribution is 2.15. The van der Waals surface area contributed by atoms with Crippen LogP contribution in [0.2, 0.25) is 0 Å². The third-order valence-corrected chi connectivity index (χ3v) is 3.44. The molecule has 0 aliphatic rings. The molecule has 2 rings (SSSR count). The summed E-state index contributed by atoms with van der Waals surface area (Å²) in [6.45, 7) is 4.55. The van der Waals surface area contributed by atoms with Gasteiger partial charge < -0.3 is 5.32 Å². The molecule has 0 unspecified atom stereocenters. The van der Waals surface area contributed by atoms with Crippen LogP contribution in [0, 0.1) is 13.8 Å². The first kappa shape index (κ1) is 13.0. The zero-order valence-electron chi connectivity index (χ0n) is 10.9. The van der Waals surface area contributed by atoms with Crippen LogP contribution in [0.15, 0.2) is 18.3 Å². The number of rotatable bonds is 4. The highest BCUT2D eigenvalue weighted by Gasteiger charge is 2.16. The predicted octanol–water partition coefficient (Wildman–Crippen LogP) is 2.04. The Bertz CT molecular complexity index is 577. The van der Waals surface area contributed by atoms with Gasteiger partial charge >= 0.3 is 0 Å². The van der Waals surface area contributed by atoms with E-state index < -0.39 is 0 Å². The van der Waals surface area contributed by atoms with E-state index in [1.165, 1.54) is 0 Å². The van der Waals surface area contributed by atoms with Crippen molar-refractivity contribution in [1.82, 2.24) is 14.7 Å². The molecule has 5 heteroatoms. The van der Waals surface area contributed by atoms with Crippen molar-refractivity contribution in [3.8, 4) is 0 Å². The highest BCUT2D eigenvalue weighted by molar-refractivity contribution is 7.98. The number of aryl methyl sites for hydroxylation is 2. The lowest BCUT2D eigenvalue weighted by atomic mass is 10.3. The van der Waals surface area contributed by atoms with Crippen molar-refractivity contribution in [2.75, 3.05) is 18.6 Å². The fourth-order valence-corrected chi connectivity index (χ4v) is 2.25. The molecule has 18 heavy (non-hydrogen) atoms. The van der Waals surface area contributed by atoms with E-state index in [-0.39, 0.29) is 5.91 Å². The highest BCUT2D eigenvalue weighted by atomic mass is 32.2. The van der Waals surface area contributed by atoms with Crippen molar-refractivity contribution in [3.63, 3.8) is 0 Å². The number of aromatic nitrogens is 2. The molecule has 1 amide bonds. The molecule has 4 nitrogen and oxygen atoms in total. The number of thioether (sulfide) groups is 1. The summed E-state index contributed by atoms with van der Waals surface area (Å²) in [6, 6.07) is 3.93. The Labute approximate surface area is 111 Å². The average Bonchev–Trinajstić information content (AvgIpc) is 2.67. The third kappa shape index (κ3) is 2.36. The molecule has 0 aliphatic carbocycles. The van der Waals surface area contributed by atoms with Gasteiger partial charge in [-0.15, -0.1) is 0 Å². The van der Waals surface area contributed by atoms with Gasteiger partial charge in [-0.1, -0.05) is 6.07 Å². The van der Waals surface area contributed by atoms with Crippen molar-refractivity contribution in [2.24, 2.45) is 0 Å². The predicted molar refractivity (Wildman–Crippen MR) is 75.4 cm³/mol. The minimum absolute atomic E-state index is 0.0559. The molecule has 0 saturated heterocycles. The Morgan fingerprint density at radius 1 is 1.50 bits per heavy atom. The van der Waals surface area contributed by atoms with Gasteiger partial charge in [0, 0.05) is 18.5 Å². The molecule has 0 atom stereocenters. The number of nitrogens with one attached hydrogen (secondary N) is 1. The van der Waals surface area contributed by atoms with Gasteiger partial charge in [0.05, 0.1) is 5.69 Å². The van der Waals surface area contributed by atoms with E-state index in [4.69, 9.17) is 0 Å². The third-order valence-electron chi connectivity index (χ3n) is 2.83. The SMILES string of the molecule is CSCCNC(=O)c1c(C)nc2c(C)cccn12. The maximum Gasteiger partial charge on any atom is 0.270 e. The van der Waals surface area contributed by atoms with Crippen molar-refractivity contribution in [1.29, 1.82) is 0 Å². The van der Waals surface area contributed by atoms with Crippen LogP contribution in [0.3, 0.4) is 0 Å². The van der Waals surface area contributed by atoms with Crippen molar-refractivity contribution in [2.45, 2.75) is 13.8 Å². The fraction of sp³-hybridized carbons (Fsp3) is 0.385. The summed E-state index contributed by atoms with van der Waals surface area (Å²) in [5, 5.41) is 2.92. The molecule has 0 bridgehead atoms. The van der Waals surface area contributed by atoms with Gasteiger partial charge in [0.25, 0.3) is 5.91 Å². The Morgan fingerprint density at radius 2 is 2.28 bits per heavy atom. The lowest BCUT2D eigenvalue weighted by Gasteiger charge is -2.05. The number of nitrogens with zero attached hydrogens (tertiary/aromatic N) is 2. The summed E-state index contributed by atoms with van der Waals surface area (Å²) in [7, 11) is 0. The Balaban J connectivity index is 2.35. The number of pyridine rings is 1. The summed E-state index contributed by atoms with van der Waals surface area (Å²) < 4.78 is 1.86. The second-order valence-electron chi connectivity index (χ2n) is 4.18. The van der Waals surface area contributed by atoms with Gasteiger partial charge in [0.1, 0.15) is 11.3 Å². The van der Waals surface area contributed by atoms with E-state index in [0.717, 1.165) is 22.7 Å². The monoisotopic (exact) mass is 263 g/mol. The standard InChI is InChI=1S/C13H17N3OS/c1-9-5-4-7-16-11(10(2)15-12(9)16)13(17)14-6-8-18-3/h4-5,7H,6,8H2,1-3H3,(H,14,17). The first-order valence-corrected chi connectivity index (χ1v) is 7.26. The number of hydrogen-bond donors (Lipinski definition) is 1. The Morgan fingerprint density at radius 3 is 3.00 bits per heavy atom. The first-order valence-electron chi connectivity index (χ1n) is 5.86. The number of fused-ring (bicyclic) bond motifs is 1. The van der Waals surface area contributed by atoms with Crippen molar-refractivity contribution < 1.29 is 4.79 Å². The van der Waals surface area contributed by atoms with Gasteiger partial charge in [-0.05, 0) is 31.7 Å². The number of hydrogen-bond acceptors (Lipinski definition) is 3. The second kappa shape index (κ2) is 5.44. The van der Waals surface area contributed by atoms with Gasteiger partial charge in [-0.2, -0.15) is 11.8 Å². The summed E-state index contributed by atoms with van der Waals surface area (Å²) in [5.41, 5.74) is 3.33. The molecule has 0 aliphatic heterocycles. The number of imidazole rings is 1. The van der Waals surface area contributed by atoms with Gasteiger partial charge in [-0.25, -0.2) is 4.98 Å². The lowest BCUT2D eigenvalue weighted by Crippen LogP contribution is -2.27. The zero-order chi connectivity index (χ0) is 13.1. The summed E-state index contributed by atoms with van der Waals surface area (Å²) in [6.07, 6.45) is 3.90. The largest absolute Gasteiger partial charge is 0.350 e. The van der Waals surface area contributed by atoms with E-state index in [2.05, 4.69) is 10.3 Å². The fourth-order valence-electron chi connectivity index (χ4n) is 1.94. The Kier molecular flexibility index (Phi) is 3.91. The molecule has 0 radical (unpaired) electrons. The molecular weight excluding hydrogens is 246 g/mol. The average molecular weight is 263 g/mol. The molecular formula is C13H17N3OS. The van der Waals surface area contributed by atoms with Crippen molar-refractivity contribution >= 4 is 23.3 Å². The quantitative estimate of drug-likeness (QED) is 0.859. The molecule has 0 saturated carbocycles. The minimum atomic E-state index is -0.0559. The van der Waals surface area contributed by atoms with Crippen LogP contribution < -0.4 is 5.32 Å². The molecule has 2 aromatic rings. The minimum Gasteiger partial charge on any atom is -0.350 e. The maximum atomic E-state index is 12.1.